The highest BCUT2D eigenvalue weighted by atomic mass is 16.8. The number of aromatic nitrogens is 4. The number of hydrogen-bond acceptors (Lipinski definition) is 9. The van der Waals surface area contributed by atoms with Gasteiger partial charge >= 0.3 is 6.03 Å². The second kappa shape index (κ2) is 10.4. The molecule has 2 amide bonds. The third kappa shape index (κ3) is 5.81. The van der Waals surface area contributed by atoms with E-state index in [1.165, 1.54) is 11.9 Å². The van der Waals surface area contributed by atoms with Crippen molar-refractivity contribution < 1.29 is 19.0 Å². The minimum Gasteiger partial charge on any atom is -0.382 e. The highest BCUT2D eigenvalue weighted by molar-refractivity contribution is 5.89. The van der Waals surface area contributed by atoms with E-state index < -0.39 is 12.0 Å². The molecule has 4 N–H and O–H groups in total. The first-order chi connectivity index (χ1) is 19.8. The van der Waals surface area contributed by atoms with Gasteiger partial charge in [0.1, 0.15) is 30.2 Å². The van der Waals surface area contributed by atoms with Gasteiger partial charge in [0.05, 0.1) is 6.33 Å². The van der Waals surface area contributed by atoms with Gasteiger partial charge in [-0.15, -0.1) is 0 Å². The Balaban J connectivity index is 1.06. The summed E-state index contributed by atoms with van der Waals surface area (Å²) in [5.74, 6) is -0.412. The smallest absolute Gasteiger partial charge is 0.319 e. The molecule has 42 heavy (non-hydrogen) atoms. The van der Waals surface area contributed by atoms with E-state index in [1.54, 1.807) is 6.33 Å². The predicted molar refractivity (Wildman–Crippen MR) is 159 cm³/mol. The fourth-order valence-electron chi connectivity index (χ4n) is 6.09. The number of likely N-dealkylation sites (N-methyl/N-ethyl adjacent to an activating group) is 1. The molecular formula is C30H42N8O4. The van der Waals surface area contributed by atoms with Crippen molar-refractivity contribution in [3.8, 4) is 0 Å². The molecule has 0 bridgehead atoms. The van der Waals surface area contributed by atoms with Crippen molar-refractivity contribution in [2.75, 3.05) is 37.7 Å². The van der Waals surface area contributed by atoms with Gasteiger partial charge in [-0.2, -0.15) is 0 Å². The van der Waals surface area contributed by atoms with Gasteiger partial charge in [0.2, 0.25) is 0 Å². The van der Waals surface area contributed by atoms with Crippen LogP contribution < -0.4 is 16.4 Å². The van der Waals surface area contributed by atoms with Gasteiger partial charge in [-0.25, -0.2) is 19.7 Å². The molecular weight excluding hydrogens is 536 g/mol. The Morgan fingerprint density at radius 1 is 1.12 bits per heavy atom. The van der Waals surface area contributed by atoms with E-state index >= 15 is 0 Å². The second-order valence-corrected chi connectivity index (χ2v) is 13.5. The number of anilines is 2. The third-order valence-electron chi connectivity index (χ3n) is 8.47. The van der Waals surface area contributed by atoms with Crippen LogP contribution in [0.5, 0.6) is 0 Å². The van der Waals surface area contributed by atoms with Crippen molar-refractivity contribution in [2.45, 2.75) is 83.2 Å². The summed E-state index contributed by atoms with van der Waals surface area (Å²) in [6, 6.07) is 7.84. The first-order valence-electron chi connectivity index (χ1n) is 14.6. The Morgan fingerprint density at radius 2 is 1.83 bits per heavy atom. The van der Waals surface area contributed by atoms with Crippen molar-refractivity contribution in [1.29, 1.82) is 0 Å². The normalized spacial score (nSPS) is 26.0. The molecule has 2 aliphatic heterocycles. The lowest BCUT2D eigenvalue weighted by Gasteiger charge is -2.29. The summed E-state index contributed by atoms with van der Waals surface area (Å²) in [6.45, 7) is 12.4. The lowest BCUT2D eigenvalue weighted by atomic mass is 9.87. The van der Waals surface area contributed by atoms with Crippen molar-refractivity contribution in [2.24, 2.45) is 5.41 Å². The molecule has 0 spiro atoms. The number of imidazole rings is 1. The zero-order valence-corrected chi connectivity index (χ0v) is 25.3. The zero-order valence-electron chi connectivity index (χ0n) is 25.3. The van der Waals surface area contributed by atoms with Crippen LogP contribution in [0.15, 0.2) is 36.9 Å². The molecule has 2 aromatic heterocycles. The molecule has 12 nitrogen and oxygen atoms in total. The zero-order chi connectivity index (χ0) is 29.9. The van der Waals surface area contributed by atoms with E-state index in [9.17, 15) is 4.79 Å². The summed E-state index contributed by atoms with van der Waals surface area (Å²) in [7, 11) is 2.09. The molecule has 4 atom stereocenters. The van der Waals surface area contributed by atoms with E-state index in [0.717, 1.165) is 25.1 Å². The van der Waals surface area contributed by atoms with Crippen LogP contribution >= 0.6 is 0 Å². The first kappa shape index (κ1) is 28.8. The molecule has 1 aliphatic carbocycles. The van der Waals surface area contributed by atoms with Crippen LogP contribution in [0.3, 0.4) is 0 Å². The Hall–Kier alpha value is -3.32. The number of fused-ring (bicyclic) bond motifs is 2. The highest BCUT2D eigenvalue weighted by Gasteiger charge is 2.56. The van der Waals surface area contributed by atoms with Crippen LogP contribution in [0.25, 0.3) is 11.2 Å². The molecule has 2 saturated heterocycles. The number of nitrogens with zero attached hydrogens (tertiary/aromatic N) is 5. The number of ether oxygens (including phenoxy) is 3. The van der Waals surface area contributed by atoms with Gasteiger partial charge in [0, 0.05) is 30.7 Å². The molecule has 1 saturated carbocycles. The molecule has 12 heteroatoms. The number of rotatable bonds is 8. The molecule has 3 fully saturated rings. The van der Waals surface area contributed by atoms with Crippen LogP contribution in [0, 0.1) is 5.41 Å². The van der Waals surface area contributed by atoms with Gasteiger partial charge in [-0.3, -0.25) is 4.57 Å². The average Bonchev–Trinajstić information content (AvgIpc) is 3.23. The number of nitrogen functional groups attached to an aromatic ring is 1. The number of carbonyl (C=O) groups excluding carboxylic acids is 1. The maximum absolute atomic E-state index is 12.7. The standard InChI is InChI=1S/C30H42N8O4/c1-28(2,3)18-7-9-19(10-8-18)36-27(39)32-14-30(11-12-30)15-37(6)13-20-22-23(42-29(4,5)41-22)26(40-20)38-17-35-21-24(31)33-16-34-25(21)38/h7-10,16-17,20,22-23,26H,11-15H2,1-6H3,(H2,31,33,34)(H2,32,36,39)/t20-,22-,23-,26?/m1/s1. The third-order valence-corrected chi connectivity index (χ3v) is 8.47. The minimum absolute atomic E-state index is 0.0425. The Kier molecular flexibility index (Phi) is 7.16. The van der Waals surface area contributed by atoms with Gasteiger partial charge in [0.15, 0.2) is 23.5 Å². The summed E-state index contributed by atoms with van der Waals surface area (Å²) in [4.78, 5) is 27.8. The SMILES string of the molecule is CN(C[C@H]1OC(n2cnc3c(N)ncnc32)[C@@H]2OC(C)(C)O[C@H]12)CC1(CNC(=O)Nc2ccc(C(C)(C)C)cc2)CC1. The summed E-state index contributed by atoms with van der Waals surface area (Å²) >= 11 is 0. The topological polar surface area (TPSA) is 142 Å². The number of nitrogens with one attached hydrogen (secondary N) is 2. The molecule has 226 valence electrons. The summed E-state index contributed by atoms with van der Waals surface area (Å²) in [6.07, 6.45) is 3.94. The predicted octanol–water partition coefficient (Wildman–Crippen LogP) is 3.66. The van der Waals surface area contributed by atoms with E-state index in [1.807, 2.05) is 30.5 Å². The number of hydrogen-bond donors (Lipinski definition) is 3. The lowest BCUT2D eigenvalue weighted by molar-refractivity contribution is -0.197. The fraction of sp³-hybridized carbons (Fsp3) is 0.600. The van der Waals surface area contributed by atoms with Crippen LogP contribution in [0.1, 0.15) is 59.3 Å². The highest BCUT2D eigenvalue weighted by Crippen LogP contribution is 2.47. The monoisotopic (exact) mass is 578 g/mol. The number of carbonyl (C=O) groups is 1. The van der Waals surface area contributed by atoms with Gasteiger partial charge < -0.3 is 35.5 Å². The van der Waals surface area contributed by atoms with Gasteiger partial charge in [-0.05, 0) is 56.8 Å². The first-order valence-corrected chi connectivity index (χ1v) is 14.6. The summed E-state index contributed by atoms with van der Waals surface area (Å²) in [5, 5.41) is 6.05. The molecule has 1 unspecified atom stereocenters. The lowest BCUT2D eigenvalue weighted by Crippen LogP contribution is -2.43. The van der Waals surface area contributed by atoms with Crippen molar-refractivity contribution in [3.63, 3.8) is 0 Å². The maximum Gasteiger partial charge on any atom is 0.319 e. The van der Waals surface area contributed by atoms with E-state index in [2.05, 4.69) is 70.4 Å². The van der Waals surface area contributed by atoms with Crippen molar-refractivity contribution >= 4 is 28.7 Å². The summed E-state index contributed by atoms with van der Waals surface area (Å²) < 4.78 is 21.1. The number of amides is 2. The Morgan fingerprint density at radius 3 is 2.52 bits per heavy atom. The fourth-order valence-corrected chi connectivity index (χ4v) is 6.09. The molecule has 3 aliphatic rings. The van der Waals surface area contributed by atoms with Crippen LogP contribution in [0.4, 0.5) is 16.3 Å². The number of benzene rings is 1. The Labute approximate surface area is 246 Å². The minimum atomic E-state index is -0.735. The number of urea groups is 1. The van der Waals surface area contributed by atoms with Crippen LogP contribution in [0.2, 0.25) is 0 Å². The summed E-state index contributed by atoms with van der Waals surface area (Å²) in [5.41, 5.74) is 9.27. The van der Waals surface area contributed by atoms with Crippen LogP contribution in [-0.4, -0.2) is 81.2 Å². The second-order valence-electron chi connectivity index (χ2n) is 13.5. The van der Waals surface area contributed by atoms with E-state index in [0.29, 0.717) is 30.1 Å². The largest absolute Gasteiger partial charge is 0.382 e. The Bertz CT molecular complexity index is 1450. The van der Waals surface area contributed by atoms with Gasteiger partial charge in [0.25, 0.3) is 0 Å². The van der Waals surface area contributed by atoms with E-state index in [4.69, 9.17) is 19.9 Å². The van der Waals surface area contributed by atoms with Crippen LogP contribution in [-0.2, 0) is 19.6 Å². The molecule has 0 radical (unpaired) electrons. The average molecular weight is 579 g/mol. The molecule has 6 rings (SSSR count). The quantitative estimate of drug-likeness (QED) is 0.365. The molecule has 3 aromatic rings. The van der Waals surface area contributed by atoms with Gasteiger partial charge in [-0.1, -0.05) is 32.9 Å². The maximum atomic E-state index is 12.7. The van der Waals surface area contributed by atoms with Crippen molar-refractivity contribution in [1.82, 2.24) is 29.7 Å². The van der Waals surface area contributed by atoms with E-state index in [-0.39, 0.29) is 35.2 Å². The molecule has 4 heterocycles. The number of nitrogens with two attached hydrogens (primary N) is 1. The van der Waals surface area contributed by atoms with Crippen molar-refractivity contribution in [3.05, 3.63) is 42.5 Å². The molecule has 1 aromatic carbocycles.